The fourth-order valence-electron chi connectivity index (χ4n) is 3.43. The van der Waals surface area contributed by atoms with E-state index >= 15 is 0 Å². The number of fused-ring (bicyclic) bond motifs is 3. The second kappa shape index (κ2) is 6.99. The summed E-state index contributed by atoms with van der Waals surface area (Å²) in [5.41, 5.74) is 4.43. The smallest absolute Gasteiger partial charge is 0.224 e. The summed E-state index contributed by atoms with van der Waals surface area (Å²) in [5.74, 6) is -1.79. The topological polar surface area (TPSA) is 59.3 Å². The van der Waals surface area contributed by atoms with Gasteiger partial charge in [-0.1, -0.05) is 12.1 Å². The molecule has 0 saturated carbocycles. The van der Waals surface area contributed by atoms with Crippen molar-refractivity contribution in [2.45, 2.75) is 26.7 Å². The van der Waals surface area contributed by atoms with Gasteiger partial charge >= 0.3 is 0 Å². The monoisotopic (exact) mass is 380 g/mol. The van der Waals surface area contributed by atoms with Crippen molar-refractivity contribution in [3.05, 3.63) is 71.1 Å². The molecule has 5 nitrogen and oxygen atoms in total. The molecule has 2 aromatic heterocycles. The Kier molecular flexibility index (Phi) is 4.50. The maximum Gasteiger partial charge on any atom is 0.224 e. The summed E-state index contributed by atoms with van der Waals surface area (Å²) in [6, 6.07) is 10.7. The maximum absolute atomic E-state index is 13.3. The lowest BCUT2D eigenvalue weighted by molar-refractivity contribution is -0.116. The first-order valence-corrected chi connectivity index (χ1v) is 8.92. The van der Waals surface area contributed by atoms with Gasteiger partial charge in [-0.15, -0.1) is 0 Å². The number of nitrogens with zero attached hydrogens (tertiary/aromatic N) is 3. The number of amides is 1. The molecule has 1 N–H and O–H groups in total. The number of benzene rings is 2. The lowest BCUT2D eigenvalue weighted by Crippen LogP contribution is -2.14. The minimum Gasteiger partial charge on any atom is -0.326 e. The van der Waals surface area contributed by atoms with Crippen LogP contribution >= 0.6 is 0 Å². The zero-order valence-electron chi connectivity index (χ0n) is 15.5. The Morgan fingerprint density at radius 3 is 2.57 bits per heavy atom. The molecule has 0 aliphatic carbocycles. The molecule has 0 aliphatic rings. The predicted octanol–water partition coefficient (Wildman–Crippen LogP) is 4.35. The second-order valence-electron chi connectivity index (χ2n) is 6.72. The van der Waals surface area contributed by atoms with Gasteiger partial charge in [-0.25, -0.2) is 18.3 Å². The number of rotatable bonds is 4. The molecule has 1 amide bonds. The van der Waals surface area contributed by atoms with Crippen molar-refractivity contribution in [2.24, 2.45) is 0 Å². The summed E-state index contributed by atoms with van der Waals surface area (Å²) in [6.07, 6.45) is 0.605. The van der Waals surface area contributed by atoms with Crippen LogP contribution in [0.3, 0.4) is 0 Å². The summed E-state index contributed by atoms with van der Waals surface area (Å²) in [5, 5.41) is 8.11. The van der Waals surface area contributed by atoms with Gasteiger partial charge in [0, 0.05) is 34.9 Å². The van der Waals surface area contributed by atoms with Gasteiger partial charge in [0.05, 0.1) is 5.52 Å². The Hall–Kier alpha value is -3.35. The highest BCUT2D eigenvalue weighted by molar-refractivity contribution is 5.92. The molecule has 4 aromatic rings. The van der Waals surface area contributed by atoms with Crippen LogP contribution in [0.2, 0.25) is 0 Å². The molecule has 7 heteroatoms. The average molecular weight is 380 g/mol. The Labute approximate surface area is 160 Å². The molecule has 0 radical (unpaired) electrons. The summed E-state index contributed by atoms with van der Waals surface area (Å²) >= 11 is 0. The molecule has 0 aliphatic heterocycles. The van der Waals surface area contributed by atoms with Crippen LogP contribution < -0.4 is 5.32 Å². The summed E-state index contributed by atoms with van der Waals surface area (Å²) in [7, 11) is 0. The molecular formula is C21H18F2N4O. The van der Waals surface area contributed by atoms with Crippen molar-refractivity contribution in [3.8, 4) is 0 Å². The number of halogens is 2. The Balaban J connectivity index is 1.57. The van der Waals surface area contributed by atoms with Gasteiger partial charge in [0.15, 0.2) is 5.65 Å². The highest BCUT2D eigenvalue weighted by Gasteiger charge is 2.15. The molecule has 0 unspecified atom stereocenters. The molecule has 0 bridgehead atoms. The lowest BCUT2D eigenvalue weighted by atomic mass is 10.1. The summed E-state index contributed by atoms with van der Waals surface area (Å²) < 4.78 is 28.3. The molecule has 0 saturated heterocycles. The number of nitrogens with one attached hydrogen (secondary N) is 1. The van der Waals surface area contributed by atoms with Gasteiger partial charge in [-0.05, 0) is 50.1 Å². The van der Waals surface area contributed by atoms with E-state index in [1.165, 1.54) is 0 Å². The fraction of sp³-hybridized carbons (Fsp3) is 0.190. The van der Waals surface area contributed by atoms with E-state index in [0.717, 1.165) is 51.7 Å². The third-order valence-corrected chi connectivity index (χ3v) is 4.77. The van der Waals surface area contributed by atoms with Crippen LogP contribution in [0.1, 0.15) is 23.4 Å². The van der Waals surface area contributed by atoms with Crippen molar-refractivity contribution >= 4 is 28.1 Å². The number of aryl methyl sites for hydroxylation is 2. The number of anilines is 1. The standard InChI is InChI=1S/C21H18F2N4O/c1-12-17(7-8-20(28)25-16-10-14(22)9-15(23)11-16)13(2)27-21(24-12)18-5-3-4-6-19(18)26-27/h3-6,9-11H,7-8H2,1-2H3,(H,25,28). The predicted molar refractivity (Wildman–Crippen MR) is 103 cm³/mol. The maximum atomic E-state index is 13.3. The van der Waals surface area contributed by atoms with Gasteiger partial charge in [-0.3, -0.25) is 4.79 Å². The average Bonchev–Trinajstić information content (AvgIpc) is 2.99. The van der Waals surface area contributed by atoms with Crippen molar-refractivity contribution in [1.29, 1.82) is 0 Å². The second-order valence-corrected chi connectivity index (χ2v) is 6.72. The molecule has 0 fully saturated rings. The zero-order chi connectivity index (χ0) is 19.8. The van der Waals surface area contributed by atoms with Crippen LogP contribution in [-0.2, 0) is 11.2 Å². The van der Waals surface area contributed by atoms with Crippen LogP contribution in [-0.4, -0.2) is 20.5 Å². The first kappa shape index (κ1) is 18.0. The number of aromatic nitrogens is 3. The molecule has 142 valence electrons. The largest absolute Gasteiger partial charge is 0.326 e. The van der Waals surface area contributed by atoms with Gasteiger partial charge in [-0.2, -0.15) is 5.10 Å². The van der Waals surface area contributed by atoms with E-state index in [2.05, 4.69) is 15.4 Å². The minimum absolute atomic E-state index is 0.0999. The lowest BCUT2D eigenvalue weighted by Gasteiger charge is -2.11. The third kappa shape index (κ3) is 3.31. The Morgan fingerprint density at radius 2 is 1.82 bits per heavy atom. The SMILES string of the molecule is Cc1nc2c3ccccc3nn2c(C)c1CCC(=O)Nc1cc(F)cc(F)c1. The van der Waals surface area contributed by atoms with Crippen LogP contribution in [0.25, 0.3) is 16.6 Å². The molecule has 2 heterocycles. The van der Waals surface area contributed by atoms with Crippen molar-refractivity contribution in [3.63, 3.8) is 0 Å². The Morgan fingerprint density at radius 1 is 1.11 bits per heavy atom. The van der Waals surface area contributed by atoms with E-state index in [-0.39, 0.29) is 18.0 Å². The zero-order valence-corrected chi connectivity index (χ0v) is 15.5. The molecule has 0 spiro atoms. The van der Waals surface area contributed by atoms with E-state index in [1.54, 1.807) is 4.52 Å². The number of hydrogen-bond acceptors (Lipinski definition) is 3. The quantitative estimate of drug-likeness (QED) is 0.573. The van der Waals surface area contributed by atoms with Crippen LogP contribution in [0.15, 0.2) is 42.5 Å². The van der Waals surface area contributed by atoms with Crippen molar-refractivity contribution in [1.82, 2.24) is 14.6 Å². The molecule has 4 rings (SSSR count). The molecule has 28 heavy (non-hydrogen) atoms. The highest BCUT2D eigenvalue weighted by atomic mass is 19.1. The number of carbonyl (C=O) groups is 1. The first-order valence-electron chi connectivity index (χ1n) is 8.92. The first-order chi connectivity index (χ1) is 13.4. The Bertz CT molecular complexity index is 1200. The van der Waals surface area contributed by atoms with Crippen LogP contribution in [0.4, 0.5) is 14.5 Å². The van der Waals surface area contributed by atoms with E-state index in [1.807, 2.05) is 38.1 Å². The third-order valence-electron chi connectivity index (χ3n) is 4.77. The van der Waals surface area contributed by atoms with Crippen LogP contribution in [0.5, 0.6) is 0 Å². The van der Waals surface area contributed by atoms with Gasteiger partial charge in [0.1, 0.15) is 11.6 Å². The summed E-state index contributed by atoms with van der Waals surface area (Å²) in [6.45, 7) is 3.85. The van der Waals surface area contributed by atoms with Crippen molar-refractivity contribution < 1.29 is 13.6 Å². The van der Waals surface area contributed by atoms with Gasteiger partial charge in [0.2, 0.25) is 5.91 Å². The molecule has 0 atom stereocenters. The van der Waals surface area contributed by atoms with E-state index in [0.29, 0.717) is 6.42 Å². The highest BCUT2D eigenvalue weighted by Crippen LogP contribution is 2.23. The van der Waals surface area contributed by atoms with Gasteiger partial charge < -0.3 is 5.32 Å². The van der Waals surface area contributed by atoms with Crippen molar-refractivity contribution in [2.75, 3.05) is 5.32 Å². The fourth-order valence-corrected chi connectivity index (χ4v) is 3.43. The number of hydrogen-bond donors (Lipinski definition) is 1. The minimum atomic E-state index is -0.734. The van der Waals surface area contributed by atoms with E-state index in [4.69, 9.17) is 0 Å². The van der Waals surface area contributed by atoms with Gasteiger partial charge in [0.25, 0.3) is 0 Å². The van der Waals surface area contributed by atoms with Crippen LogP contribution in [0, 0.1) is 25.5 Å². The molecule has 2 aromatic carbocycles. The number of carbonyl (C=O) groups excluding carboxylic acids is 1. The van der Waals surface area contributed by atoms with E-state index in [9.17, 15) is 13.6 Å². The molecular weight excluding hydrogens is 362 g/mol. The van der Waals surface area contributed by atoms with E-state index < -0.39 is 11.6 Å². The normalized spacial score (nSPS) is 11.3. The summed E-state index contributed by atoms with van der Waals surface area (Å²) in [4.78, 5) is 16.9.